The van der Waals surface area contributed by atoms with Crippen molar-refractivity contribution in [3.8, 4) is 0 Å². The first kappa shape index (κ1) is 51.0. The normalized spacial score (nSPS) is 32.8. The van der Waals surface area contributed by atoms with Crippen molar-refractivity contribution in [3.63, 3.8) is 0 Å². The zero-order chi connectivity index (χ0) is 37.8. The van der Waals surface area contributed by atoms with Crippen molar-refractivity contribution in [1.82, 2.24) is 0 Å². The van der Waals surface area contributed by atoms with Crippen molar-refractivity contribution in [2.24, 2.45) is 52.3 Å². The van der Waals surface area contributed by atoms with Gasteiger partial charge in [0, 0.05) is 0 Å². The van der Waals surface area contributed by atoms with E-state index >= 15 is 0 Å². The second kappa shape index (κ2) is 18.3. The van der Waals surface area contributed by atoms with Crippen LogP contribution in [-0.4, -0.2) is 60.8 Å². The van der Waals surface area contributed by atoms with Crippen LogP contribution in [0.15, 0.2) is 0 Å². The van der Waals surface area contributed by atoms with E-state index in [1.165, 1.54) is 19.3 Å². The van der Waals surface area contributed by atoms with Crippen molar-refractivity contribution in [3.05, 3.63) is 0 Å². The fourth-order valence-corrected chi connectivity index (χ4v) is 10.3. The summed E-state index contributed by atoms with van der Waals surface area (Å²) in [4.78, 5) is 36.4. The first-order valence-electron chi connectivity index (χ1n) is 18.9. The van der Waals surface area contributed by atoms with Gasteiger partial charge in [0.05, 0.1) is 23.5 Å². The summed E-state index contributed by atoms with van der Waals surface area (Å²) in [6, 6.07) is 0. The number of halogens is 6. The Morgan fingerprint density at radius 3 is 1.27 bits per heavy atom. The van der Waals surface area contributed by atoms with Gasteiger partial charge in [0.1, 0.15) is 17.8 Å². The number of hydrogen-bond acceptors (Lipinski definition) is 7. The van der Waals surface area contributed by atoms with E-state index in [2.05, 4.69) is 11.7 Å². The number of carbonyl (C=O) groups excluding carboxylic acids is 3. The van der Waals surface area contributed by atoms with Gasteiger partial charge in [-0.15, -0.1) is 0 Å². The van der Waals surface area contributed by atoms with E-state index in [1.807, 2.05) is 34.6 Å². The Labute approximate surface area is 327 Å². The molecule has 0 N–H and O–H groups in total. The van der Waals surface area contributed by atoms with Crippen molar-refractivity contribution in [2.75, 3.05) is 13.2 Å². The van der Waals surface area contributed by atoms with Crippen LogP contribution in [0, 0.1) is 52.3 Å². The molecule has 8 saturated carbocycles. The van der Waals surface area contributed by atoms with Gasteiger partial charge in [-0.1, -0.05) is 43.6 Å². The Kier molecular flexibility index (Phi) is 16.9. The summed E-state index contributed by atoms with van der Waals surface area (Å²) in [5, 5.41) is 0. The molecule has 7 nitrogen and oxygen atoms in total. The molecular formula is C42H72F6O7. The lowest BCUT2D eigenvalue weighted by molar-refractivity contribution is -0.282. The molecule has 324 valence electrons. The van der Waals surface area contributed by atoms with E-state index in [4.69, 9.17) is 14.2 Å². The first-order valence-corrected chi connectivity index (χ1v) is 18.9. The maximum atomic E-state index is 12.7. The maximum Gasteiger partial charge on any atom is 0.411 e. The molecule has 0 saturated heterocycles. The zero-order valence-corrected chi connectivity index (χ0v) is 30.9. The summed E-state index contributed by atoms with van der Waals surface area (Å²) in [6.45, 7) is 10.7. The van der Waals surface area contributed by atoms with E-state index in [-0.39, 0.29) is 77.2 Å². The third-order valence-corrected chi connectivity index (χ3v) is 13.1. The van der Waals surface area contributed by atoms with Crippen molar-refractivity contribution < 1.29 is 59.7 Å². The molecule has 0 heterocycles. The van der Waals surface area contributed by atoms with E-state index in [0.29, 0.717) is 25.2 Å². The van der Waals surface area contributed by atoms with Gasteiger partial charge in [0.2, 0.25) is 5.92 Å². The minimum absolute atomic E-state index is 0. The molecule has 0 radical (unpaired) electrons. The van der Waals surface area contributed by atoms with Crippen LogP contribution in [-0.2, 0) is 33.3 Å². The lowest BCUT2D eigenvalue weighted by atomic mass is 9.53. The van der Waals surface area contributed by atoms with Gasteiger partial charge < -0.3 is 18.9 Å². The van der Waals surface area contributed by atoms with E-state index in [0.717, 1.165) is 62.7 Å². The highest BCUT2D eigenvalue weighted by Crippen LogP contribution is 2.59. The number of esters is 3. The maximum absolute atomic E-state index is 12.7. The number of ether oxygens (including phenoxy) is 4. The highest BCUT2D eigenvalue weighted by Gasteiger charge is 2.62. The zero-order valence-electron chi connectivity index (χ0n) is 30.9. The molecule has 0 aromatic carbocycles. The Hall–Kier alpha value is -2.05. The molecule has 8 rings (SSSR count). The fourth-order valence-electron chi connectivity index (χ4n) is 10.3. The molecular weight excluding hydrogens is 730 g/mol. The lowest BCUT2D eigenvalue weighted by Gasteiger charge is -2.59. The second-order valence-electron chi connectivity index (χ2n) is 18.0. The van der Waals surface area contributed by atoms with Crippen molar-refractivity contribution in [1.29, 1.82) is 0 Å². The molecule has 0 spiro atoms. The van der Waals surface area contributed by atoms with Crippen LogP contribution in [0.25, 0.3) is 0 Å². The molecule has 0 aliphatic heterocycles. The summed E-state index contributed by atoms with van der Waals surface area (Å²) >= 11 is 0. The molecule has 0 amide bonds. The summed E-state index contributed by atoms with van der Waals surface area (Å²) in [7, 11) is 0. The number of hydrogen-bond donors (Lipinski definition) is 0. The van der Waals surface area contributed by atoms with Gasteiger partial charge in [-0.3, -0.25) is 14.4 Å². The Balaban J connectivity index is 0.000000586. The standard InChI is InChI=1S/C22H30F6O5.C16H26O2.4CH4/c1-4-19(2,3)18(30)33-20-9-12-7-13(10-20)15(14(8-12)11-20)31-5-6-32-17(29)16(21(23,24)25)22(26,27)28;1-4-15(2,3)14(17)18-16-8-11-5-12(9-16)7-13(6-11)10-16;;;;/h12-16H,4-11H2,1-3H3;11-13H,4-10H2,1-3H3;4*1H4. The predicted molar refractivity (Wildman–Crippen MR) is 201 cm³/mol. The van der Waals surface area contributed by atoms with Crippen LogP contribution >= 0.6 is 0 Å². The van der Waals surface area contributed by atoms with E-state index in [9.17, 15) is 40.7 Å². The Morgan fingerprint density at radius 1 is 0.582 bits per heavy atom. The first-order chi connectivity index (χ1) is 23.5. The smallest absolute Gasteiger partial charge is 0.411 e. The van der Waals surface area contributed by atoms with Gasteiger partial charge in [0.15, 0.2) is 0 Å². The van der Waals surface area contributed by atoms with Gasteiger partial charge in [-0.2, -0.15) is 26.3 Å². The summed E-state index contributed by atoms with van der Waals surface area (Å²) < 4.78 is 97.7. The summed E-state index contributed by atoms with van der Waals surface area (Å²) in [5.74, 6) is -3.70. The third kappa shape index (κ3) is 11.3. The molecule has 0 aromatic heterocycles. The number of carbonyl (C=O) groups is 3. The highest BCUT2D eigenvalue weighted by atomic mass is 19.4. The van der Waals surface area contributed by atoms with Crippen molar-refractivity contribution in [2.45, 2.75) is 184 Å². The molecule has 2 unspecified atom stereocenters. The SMILES string of the molecule is C.C.C.C.CCC(C)(C)C(=O)OC12CC3CC(C1)C(OCCOC(=O)C(C(F)(F)F)C(F)(F)F)C(C3)C2.CCC(C)(C)C(=O)OC12CC3CC(CC(C3)C1)C2. The monoisotopic (exact) mass is 803 g/mol. The molecule has 8 aliphatic rings. The molecule has 8 bridgehead atoms. The lowest BCUT2D eigenvalue weighted by Crippen LogP contribution is -2.59. The predicted octanol–water partition coefficient (Wildman–Crippen LogP) is 11.7. The van der Waals surface area contributed by atoms with Gasteiger partial charge >= 0.3 is 30.3 Å². The van der Waals surface area contributed by atoms with Crippen LogP contribution in [0.5, 0.6) is 0 Å². The molecule has 8 fully saturated rings. The van der Waals surface area contributed by atoms with Gasteiger partial charge in [0.25, 0.3) is 0 Å². The van der Waals surface area contributed by atoms with Gasteiger partial charge in [-0.25, -0.2) is 0 Å². The van der Waals surface area contributed by atoms with E-state index in [1.54, 1.807) is 0 Å². The number of rotatable bonds is 11. The quantitative estimate of drug-likeness (QED) is 0.0889. The Morgan fingerprint density at radius 2 is 0.927 bits per heavy atom. The second-order valence-corrected chi connectivity index (χ2v) is 18.0. The average Bonchev–Trinajstić information content (AvgIpc) is 2.97. The average molecular weight is 803 g/mol. The molecule has 8 aliphatic carbocycles. The number of alkyl halides is 6. The summed E-state index contributed by atoms with van der Waals surface area (Å²) in [5.41, 5.74) is -1.52. The molecule has 55 heavy (non-hydrogen) atoms. The minimum Gasteiger partial charge on any atom is -0.463 e. The van der Waals surface area contributed by atoms with Crippen LogP contribution < -0.4 is 0 Å². The highest BCUT2D eigenvalue weighted by molar-refractivity contribution is 5.77. The van der Waals surface area contributed by atoms with Crippen LogP contribution in [0.2, 0.25) is 0 Å². The molecule has 2 atom stereocenters. The minimum atomic E-state index is -5.78. The molecule has 0 aromatic rings. The summed E-state index contributed by atoms with van der Waals surface area (Å²) in [6.07, 6.45) is 1.05. The Bertz CT molecular complexity index is 1230. The third-order valence-electron chi connectivity index (χ3n) is 13.1. The van der Waals surface area contributed by atoms with Gasteiger partial charge in [-0.05, 0) is 147 Å². The topological polar surface area (TPSA) is 88.1 Å². The van der Waals surface area contributed by atoms with Crippen LogP contribution in [0.1, 0.15) is 155 Å². The van der Waals surface area contributed by atoms with Crippen LogP contribution in [0.3, 0.4) is 0 Å². The molecule has 13 heteroatoms. The van der Waals surface area contributed by atoms with Crippen LogP contribution in [0.4, 0.5) is 26.3 Å². The van der Waals surface area contributed by atoms with E-state index < -0.39 is 41.9 Å². The largest absolute Gasteiger partial charge is 0.463 e. The van der Waals surface area contributed by atoms with Crippen molar-refractivity contribution >= 4 is 17.9 Å². The fraction of sp³-hybridized carbons (Fsp3) is 0.929.